The molecule has 0 spiro atoms. The summed E-state index contributed by atoms with van der Waals surface area (Å²) in [5.74, 6) is -0.445. The molecule has 1 aromatic carbocycles. The number of amides is 3. The maximum absolute atomic E-state index is 13.7. The number of carbonyl (C=O) groups is 3. The van der Waals surface area contributed by atoms with Crippen molar-refractivity contribution in [2.24, 2.45) is 11.1 Å². The molecule has 1 aromatic heterocycles. The summed E-state index contributed by atoms with van der Waals surface area (Å²) in [7, 11) is 0. The van der Waals surface area contributed by atoms with E-state index in [4.69, 9.17) is 5.73 Å². The van der Waals surface area contributed by atoms with Gasteiger partial charge in [-0.15, -0.1) is 11.3 Å². The molecule has 0 unspecified atom stereocenters. The van der Waals surface area contributed by atoms with Crippen LogP contribution in [0.4, 0.5) is 0 Å². The van der Waals surface area contributed by atoms with E-state index in [1.54, 1.807) is 16.2 Å². The fourth-order valence-electron chi connectivity index (χ4n) is 4.97. The molecule has 0 aliphatic carbocycles. The van der Waals surface area contributed by atoms with Crippen molar-refractivity contribution in [2.45, 2.75) is 97.7 Å². The predicted molar refractivity (Wildman–Crippen MR) is 157 cm³/mol. The van der Waals surface area contributed by atoms with E-state index in [0.717, 1.165) is 60.2 Å². The largest absolute Gasteiger partial charge is 0.350 e. The Morgan fingerprint density at radius 1 is 1.10 bits per heavy atom. The molecule has 0 bridgehead atoms. The molecule has 3 rings (SSSR count). The highest BCUT2D eigenvalue weighted by atomic mass is 32.1. The Balaban J connectivity index is 1.55. The summed E-state index contributed by atoms with van der Waals surface area (Å²) in [4.78, 5) is 46.7. The van der Waals surface area contributed by atoms with Crippen LogP contribution in [0.5, 0.6) is 0 Å². The van der Waals surface area contributed by atoms with Crippen LogP contribution in [-0.2, 0) is 20.9 Å². The first-order valence-corrected chi connectivity index (χ1v) is 15.1. The summed E-state index contributed by atoms with van der Waals surface area (Å²) in [5.41, 5.74) is 10.0. The number of carbonyl (C=O) groups excluding carboxylic acids is 3. The van der Waals surface area contributed by atoms with Crippen LogP contribution < -0.4 is 16.4 Å². The molecule has 1 aliphatic heterocycles. The fourth-order valence-corrected chi connectivity index (χ4v) is 5.78. The van der Waals surface area contributed by atoms with Gasteiger partial charge >= 0.3 is 0 Å². The Hall–Kier alpha value is -2.78. The summed E-state index contributed by atoms with van der Waals surface area (Å²) in [6.45, 7) is 9.46. The second-order valence-electron chi connectivity index (χ2n) is 11.5. The van der Waals surface area contributed by atoms with Gasteiger partial charge in [-0.05, 0) is 55.7 Å². The van der Waals surface area contributed by atoms with E-state index in [-0.39, 0.29) is 17.7 Å². The number of rotatable bonds is 13. The number of thiazole rings is 1. The van der Waals surface area contributed by atoms with Gasteiger partial charge in [0.1, 0.15) is 12.1 Å². The Bertz CT molecular complexity index is 1090. The van der Waals surface area contributed by atoms with E-state index in [0.29, 0.717) is 32.5 Å². The highest BCUT2D eigenvalue weighted by Crippen LogP contribution is 2.28. The molecular formula is C30H45N5O3S. The Labute approximate surface area is 237 Å². The lowest BCUT2D eigenvalue weighted by molar-refractivity contribution is -0.143. The number of nitrogens with one attached hydrogen (secondary N) is 2. The highest BCUT2D eigenvalue weighted by molar-refractivity contribution is 7.13. The van der Waals surface area contributed by atoms with Gasteiger partial charge in [-0.1, -0.05) is 64.3 Å². The molecule has 2 aromatic rings. The van der Waals surface area contributed by atoms with Crippen molar-refractivity contribution < 1.29 is 14.4 Å². The lowest BCUT2D eigenvalue weighted by atomic mass is 9.85. The SMILES string of the molecule is Cc1ncsc1-c1ccc(CNC(=O)[C@@H]2CCCN2C(=O)[C@@H](NC(=O)CCCCCCCN)C(C)(C)C)cc1. The van der Waals surface area contributed by atoms with Gasteiger partial charge in [0.05, 0.1) is 16.1 Å². The summed E-state index contributed by atoms with van der Waals surface area (Å²) >= 11 is 1.61. The van der Waals surface area contributed by atoms with Crippen molar-refractivity contribution in [3.05, 3.63) is 41.0 Å². The lowest BCUT2D eigenvalue weighted by Gasteiger charge is -2.35. The molecule has 8 nitrogen and oxygen atoms in total. The molecule has 0 saturated carbocycles. The van der Waals surface area contributed by atoms with E-state index in [9.17, 15) is 14.4 Å². The monoisotopic (exact) mass is 555 g/mol. The minimum atomic E-state index is -0.682. The van der Waals surface area contributed by atoms with Gasteiger partial charge < -0.3 is 21.3 Å². The zero-order valence-electron chi connectivity index (χ0n) is 23.9. The standard InChI is InChI=1S/C30H45N5O3S/c1-21-26(39-20-33-21)23-15-13-22(14-16-23)19-32-28(37)24-11-10-18-35(24)29(38)27(30(2,3)4)34-25(36)12-8-6-5-7-9-17-31/h13-16,20,24,27H,5-12,17-19,31H2,1-4H3,(H,32,37)(H,34,36)/t24-,27+/m0/s1. The van der Waals surface area contributed by atoms with Crippen LogP contribution in [0, 0.1) is 12.3 Å². The number of likely N-dealkylation sites (tertiary alicyclic amines) is 1. The number of benzene rings is 1. The summed E-state index contributed by atoms with van der Waals surface area (Å²) in [6.07, 6.45) is 6.70. The molecule has 4 N–H and O–H groups in total. The van der Waals surface area contributed by atoms with Crippen LogP contribution in [0.25, 0.3) is 10.4 Å². The lowest BCUT2D eigenvalue weighted by Crippen LogP contribution is -2.57. The quantitative estimate of drug-likeness (QED) is 0.313. The third kappa shape index (κ3) is 8.86. The van der Waals surface area contributed by atoms with Gasteiger partial charge in [0, 0.05) is 19.5 Å². The van der Waals surface area contributed by atoms with E-state index in [1.165, 1.54) is 0 Å². The number of nitrogens with zero attached hydrogens (tertiary/aromatic N) is 2. The predicted octanol–water partition coefficient (Wildman–Crippen LogP) is 4.56. The third-order valence-corrected chi connectivity index (χ3v) is 8.27. The van der Waals surface area contributed by atoms with Crippen molar-refractivity contribution in [3.63, 3.8) is 0 Å². The Kier molecular flexibility index (Phi) is 11.5. The van der Waals surface area contributed by atoms with Gasteiger partial charge in [-0.25, -0.2) is 4.98 Å². The molecule has 214 valence electrons. The van der Waals surface area contributed by atoms with Crippen molar-refractivity contribution in [2.75, 3.05) is 13.1 Å². The van der Waals surface area contributed by atoms with Crippen LogP contribution in [0.1, 0.15) is 83.4 Å². The molecular weight excluding hydrogens is 510 g/mol. The van der Waals surface area contributed by atoms with Gasteiger partial charge in [-0.2, -0.15) is 0 Å². The summed E-state index contributed by atoms with van der Waals surface area (Å²) in [5, 5.41) is 6.01. The third-order valence-electron chi connectivity index (χ3n) is 7.29. The maximum Gasteiger partial charge on any atom is 0.246 e. The zero-order valence-corrected chi connectivity index (χ0v) is 24.7. The van der Waals surface area contributed by atoms with Gasteiger partial charge in [-0.3, -0.25) is 14.4 Å². The molecule has 1 saturated heterocycles. The first-order valence-electron chi connectivity index (χ1n) is 14.2. The number of hydrogen-bond acceptors (Lipinski definition) is 6. The number of hydrogen-bond donors (Lipinski definition) is 3. The first kappa shape index (κ1) is 30.8. The van der Waals surface area contributed by atoms with E-state index in [1.807, 2.05) is 57.5 Å². The fraction of sp³-hybridized carbons (Fsp3) is 0.600. The van der Waals surface area contributed by atoms with Crippen LogP contribution in [0.15, 0.2) is 29.8 Å². The molecule has 1 aliphatic rings. The molecule has 3 amide bonds. The molecule has 2 atom stereocenters. The molecule has 9 heteroatoms. The zero-order chi connectivity index (χ0) is 28.4. The Morgan fingerprint density at radius 3 is 2.44 bits per heavy atom. The minimum Gasteiger partial charge on any atom is -0.350 e. The average Bonchev–Trinajstić information content (AvgIpc) is 3.56. The van der Waals surface area contributed by atoms with E-state index in [2.05, 4.69) is 15.6 Å². The first-order chi connectivity index (χ1) is 18.6. The van der Waals surface area contributed by atoms with Crippen molar-refractivity contribution >= 4 is 29.1 Å². The van der Waals surface area contributed by atoms with Crippen LogP contribution in [0.2, 0.25) is 0 Å². The maximum atomic E-state index is 13.7. The van der Waals surface area contributed by atoms with E-state index < -0.39 is 17.5 Å². The number of nitrogens with two attached hydrogens (primary N) is 1. The number of aromatic nitrogens is 1. The van der Waals surface area contributed by atoms with Gasteiger partial charge in [0.25, 0.3) is 0 Å². The average molecular weight is 556 g/mol. The number of aryl methyl sites for hydroxylation is 1. The second kappa shape index (κ2) is 14.6. The molecule has 39 heavy (non-hydrogen) atoms. The highest BCUT2D eigenvalue weighted by Gasteiger charge is 2.41. The number of unbranched alkanes of at least 4 members (excludes halogenated alkanes) is 4. The minimum absolute atomic E-state index is 0.112. The van der Waals surface area contributed by atoms with Gasteiger partial charge in [0.2, 0.25) is 17.7 Å². The van der Waals surface area contributed by atoms with Crippen LogP contribution >= 0.6 is 11.3 Å². The molecule has 0 radical (unpaired) electrons. The van der Waals surface area contributed by atoms with Crippen molar-refractivity contribution in [1.82, 2.24) is 20.5 Å². The second-order valence-corrected chi connectivity index (χ2v) is 12.4. The molecule has 2 heterocycles. The van der Waals surface area contributed by atoms with E-state index >= 15 is 0 Å². The van der Waals surface area contributed by atoms with Crippen molar-refractivity contribution in [3.8, 4) is 10.4 Å². The van der Waals surface area contributed by atoms with Crippen LogP contribution in [-0.4, -0.2) is 52.8 Å². The van der Waals surface area contributed by atoms with Crippen LogP contribution in [0.3, 0.4) is 0 Å². The molecule has 1 fully saturated rings. The summed E-state index contributed by atoms with van der Waals surface area (Å²) < 4.78 is 0. The summed E-state index contributed by atoms with van der Waals surface area (Å²) in [6, 6.07) is 6.90. The van der Waals surface area contributed by atoms with Crippen molar-refractivity contribution in [1.29, 1.82) is 0 Å². The normalized spacial score (nSPS) is 16.2. The Morgan fingerprint density at radius 2 is 1.79 bits per heavy atom. The van der Waals surface area contributed by atoms with Gasteiger partial charge in [0.15, 0.2) is 0 Å². The topological polar surface area (TPSA) is 117 Å². The smallest absolute Gasteiger partial charge is 0.246 e.